The molecule has 23 heavy (non-hydrogen) atoms. The number of hydrogen-bond acceptors (Lipinski definition) is 7. The van der Waals surface area contributed by atoms with Gasteiger partial charge in [-0.2, -0.15) is 10.2 Å². The lowest BCUT2D eigenvalue weighted by molar-refractivity contribution is -0.384. The van der Waals surface area contributed by atoms with E-state index in [2.05, 4.69) is 16.0 Å². The van der Waals surface area contributed by atoms with E-state index in [1.165, 1.54) is 0 Å². The minimum Gasteiger partial charge on any atom is -0.378 e. The molecule has 0 saturated carbocycles. The zero-order valence-corrected chi connectivity index (χ0v) is 12.6. The second-order valence-electron chi connectivity index (χ2n) is 4.93. The van der Waals surface area contributed by atoms with Crippen LogP contribution in [0.5, 0.6) is 0 Å². The molecule has 118 valence electrons. The van der Waals surface area contributed by atoms with Gasteiger partial charge >= 0.3 is 5.69 Å². The summed E-state index contributed by atoms with van der Waals surface area (Å²) in [5.41, 5.74) is 6.90. The summed E-state index contributed by atoms with van der Waals surface area (Å²) in [5, 5.41) is 19.6. The molecule has 0 radical (unpaired) electrons. The Balaban J connectivity index is 2.25. The minimum atomic E-state index is -0.607. The molecule has 1 heterocycles. The van der Waals surface area contributed by atoms with Gasteiger partial charge in [0, 0.05) is 13.1 Å². The maximum atomic E-state index is 10.8. The zero-order chi connectivity index (χ0) is 16.8. The number of anilines is 2. The quantitative estimate of drug-likeness (QED) is 0.641. The van der Waals surface area contributed by atoms with Gasteiger partial charge in [0.25, 0.3) is 0 Å². The molecule has 1 aromatic carbocycles. The number of nitro groups is 1. The van der Waals surface area contributed by atoms with Gasteiger partial charge in [-0.3, -0.25) is 10.1 Å². The van der Waals surface area contributed by atoms with Crippen LogP contribution in [0.1, 0.15) is 24.5 Å². The summed E-state index contributed by atoms with van der Waals surface area (Å²) < 4.78 is 0. The fraction of sp³-hybridized carbons (Fsp3) is 0.267. The van der Waals surface area contributed by atoms with E-state index in [0.717, 1.165) is 18.2 Å². The summed E-state index contributed by atoms with van der Waals surface area (Å²) >= 11 is 0. The van der Waals surface area contributed by atoms with Crippen LogP contribution in [0, 0.1) is 21.4 Å². The maximum absolute atomic E-state index is 10.8. The number of nitrogen functional groups attached to an aromatic ring is 1. The number of aromatic nitrogens is 2. The first-order valence-corrected chi connectivity index (χ1v) is 7.06. The number of nitriles is 1. The Morgan fingerprint density at radius 1 is 1.39 bits per heavy atom. The highest BCUT2D eigenvalue weighted by atomic mass is 16.6. The molecular formula is C15H16N6O2. The molecule has 2 N–H and O–H groups in total. The smallest absolute Gasteiger partial charge is 0.329 e. The van der Waals surface area contributed by atoms with Crippen LogP contribution in [-0.2, 0) is 6.54 Å². The lowest BCUT2D eigenvalue weighted by atomic mass is 10.1. The first-order chi connectivity index (χ1) is 11.0. The molecule has 0 atom stereocenters. The second-order valence-corrected chi connectivity index (χ2v) is 4.93. The molecule has 0 fully saturated rings. The highest BCUT2D eigenvalue weighted by molar-refractivity contribution is 5.54. The molecule has 8 heteroatoms. The molecule has 0 bridgehead atoms. The summed E-state index contributed by atoms with van der Waals surface area (Å²) in [4.78, 5) is 20.2. The van der Waals surface area contributed by atoms with Crippen LogP contribution in [0.3, 0.4) is 0 Å². The molecule has 1 aromatic heterocycles. The Hall–Kier alpha value is -3.21. The number of benzene rings is 1. The van der Waals surface area contributed by atoms with Crippen molar-refractivity contribution in [3.8, 4) is 6.07 Å². The van der Waals surface area contributed by atoms with Crippen molar-refractivity contribution in [1.29, 1.82) is 5.26 Å². The van der Waals surface area contributed by atoms with Crippen molar-refractivity contribution in [1.82, 2.24) is 9.97 Å². The average molecular weight is 312 g/mol. The Labute approximate surface area is 133 Å². The molecular weight excluding hydrogens is 296 g/mol. The lowest BCUT2D eigenvalue weighted by Crippen LogP contribution is -2.26. The van der Waals surface area contributed by atoms with Gasteiger partial charge < -0.3 is 10.6 Å². The molecule has 0 aliphatic carbocycles. The number of rotatable bonds is 6. The van der Waals surface area contributed by atoms with Crippen LogP contribution in [0.2, 0.25) is 0 Å². The fourth-order valence-electron chi connectivity index (χ4n) is 2.10. The Bertz CT molecular complexity index is 739. The van der Waals surface area contributed by atoms with Crippen LogP contribution in [0.4, 0.5) is 17.5 Å². The Morgan fingerprint density at radius 2 is 2.09 bits per heavy atom. The van der Waals surface area contributed by atoms with E-state index < -0.39 is 4.92 Å². The largest absolute Gasteiger partial charge is 0.378 e. The summed E-state index contributed by atoms with van der Waals surface area (Å²) in [6, 6.07) is 9.27. The molecule has 0 aliphatic heterocycles. The molecule has 0 aliphatic rings. The van der Waals surface area contributed by atoms with Gasteiger partial charge in [0.05, 0.1) is 16.6 Å². The summed E-state index contributed by atoms with van der Waals surface area (Å²) in [7, 11) is 0. The van der Waals surface area contributed by atoms with Crippen LogP contribution in [0.15, 0.2) is 30.5 Å². The zero-order valence-electron chi connectivity index (χ0n) is 12.6. The molecule has 0 saturated heterocycles. The second kappa shape index (κ2) is 7.17. The van der Waals surface area contributed by atoms with Crippen LogP contribution in [0.25, 0.3) is 0 Å². The maximum Gasteiger partial charge on any atom is 0.329 e. The molecule has 0 spiro atoms. The third-order valence-electron chi connectivity index (χ3n) is 3.21. The van der Waals surface area contributed by atoms with Crippen molar-refractivity contribution in [2.45, 2.75) is 19.9 Å². The highest BCUT2D eigenvalue weighted by Gasteiger charge is 2.17. The van der Waals surface area contributed by atoms with E-state index >= 15 is 0 Å². The van der Waals surface area contributed by atoms with E-state index in [1.54, 1.807) is 12.1 Å². The summed E-state index contributed by atoms with van der Waals surface area (Å²) in [6.07, 6.45) is 1.98. The van der Waals surface area contributed by atoms with Crippen molar-refractivity contribution in [3.05, 3.63) is 51.7 Å². The van der Waals surface area contributed by atoms with Gasteiger partial charge in [-0.25, -0.2) is 4.98 Å². The van der Waals surface area contributed by atoms with Gasteiger partial charge in [-0.15, -0.1) is 0 Å². The molecule has 8 nitrogen and oxygen atoms in total. The SMILES string of the molecule is CCCN(Cc1ccc(C#N)cc1)c1ncc([N+](=O)[O-])c(N)n1. The summed E-state index contributed by atoms with van der Waals surface area (Å²) in [6.45, 7) is 3.22. The average Bonchev–Trinajstić information content (AvgIpc) is 2.54. The van der Waals surface area contributed by atoms with Crippen LogP contribution < -0.4 is 10.6 Å². The van der Waals surface area contributed by atoms with E-state index in [1.807, 2.05) is 24.0 Å². The fourth-order valence-corrected chi connectivity index (χ4v) is 2.10. The molecule has 0 amide bonds. The number of nitrogens with two attached hydrogens (primary N) is 1. The van der Waals surface area contributed by atoms with E-state index in [0.29, 0.717) is 24.6 Å². The van der Waals surface area contributed by atoms with Crippen molar-refractivity contribution >= 4 is 17.5 Å². The number of hydrogen-bond donors (Lipinski definition) is 1. The minimum absolute atomic E-state index is 0.152. The lowest BCUT2D eigenvalue weighted by Gasteiger charge is -2.22. The van der Waals surface area contributed by atoms with E-state index in [-0.39, 0.29) is 11.5 Å². The van der Waals surface area contributed by atoms with Crippen LogP contribution in [-0.4, -0.2) is 21.4 Å². The van der Waals surface area contributed by atoms with Crippen molar-refractivity contribution in [2.75, 3.05) is 17.2 Å². The monoisotopic (exact) mass is 312 g/mol. The third kappa shape index (κ3) is 3.91. The predicted molar refractivity (Wildman–Crippen MR) is 85.6 cm³/mol. The topological polar surface area (TPSA) is 122 Å². The van der Waals surface area contributed by atoms with E-state index in [4.69, 9.17) is 11.0 Å². The van der Waals surface area contributed by atoms with Crippen molar-refractivity contribution in [3.63, 3.8) is 0 Å². The standard InChI is InChI=1S/C15H16N6O2/c1-2-7-20(10-12-5-3-11(8-16)4-6-12)15-18-9-13(21(22)23)14(17)19-15/h3-6,9H,2,7,10H2,1H3,(H2,17,18,19). The van der Waals surface area contributed by atoms with Gasteiger partial charge in [0.15, 0.2) is 0 Å². The number of nitrogens with zero attached hydrogens (tertiary/aromatic N) is 5. The van der Waals surface area contributed by atoms with Crippen LogP contribution >= 0.6 is 0 Å². The molecule has 2 aromatic rings. The normalized spacial score (nSPS) is 10.1. The van der Waals surface area contributed by atoms with Crippen molar-refractivity contribution < 1.29 is 4.92 Å². The van der Waals surface area contributed by atoms with Crippen molar-refractivity contribution in [2.24, 2.45) is 0 Å². The molecule has 0 unspecified atom stereocenters. The van der Waals surface area contributed by atoms with Gasteiger partial charge in [0.2, 0.25) is 11.8 Å². The summed E-state index contributed by atoms with van der Waals surface area (Å²) in [5.74, 6) is 0.195. The highest BCUT2D eigenvalue weighted by Crippen LogP contribution is 2.21. The van der Waals surface area contributed by atoms with Gasteiger partial charge in [-0.05, 0) is 24.1 Å². The molecule has 2 rings (SSSR count). The van der Waals surface area contributed by atoms with E-state index in [9.17, 15) is 10.1 Å². The predicted octanol–water partition coefficient (Wildman–Crippen LogP) is 2.26. The first-order valence-electron chi connectivity index (χ1n) is 7.06. The third-order valence-corrected chi connectivity index (χ3v) is 3.21. The Kier molecular flexibility index (Phi) is 5.04. The van der Waals surface area contributed by atoms with Gasteiger partial charge in [-0.1, -0.05) is 19.1 Å². The van der Waals surface area contributed by atoms with Gasteiger partial charge in [0.1, 0.15) is 6.20 Å². The first kappa shape index (κ1) is 16.2. The Morgan fingerprint density at radius 3 is 2.61 bits per heavy atom.